The molecule has 102 valence electrons. The van der Waals surface area contributed by atoms with Crippen molar-refractivity contribution in [3.63, 3.8) is 0 Å². The molecular formula is C14H17NO4. The molecule has 0 aliphatic heterocycles. The zero-order valence-electron chi connectivity index (χ0n) is 11.5. The van der Waals surface area contributed by atoms with Crippen LogP contribution < -0.4 is 4.74 Å². The molecule has 2 rings (SSSR count). The average molecular weight is 263 g/mol. The zero-order valence-corrected chi connectivity index (χ0v) is 11.5. The Bertz CT molecular complexity index is 615. The van der Waals surface area contributed by atoms with Crippen LogP contribution in [0.1, 0.15) is 16.1 Å². The summed E-state index contributed by atoms with van der Waals surface area (Å²) in [6.45, 7) is 0.345. The molecule has 0 amide bonds. The lowest BCUT2D eigenvalue weighted by Crippen LogP contribution is -2.07. The molecule has 0 saturated carbocycles. The number of carbonyl (C=O) groups excluding carboxylic acids is 1. The Kier molecular flexibility index (Phi) is 3.76. The van der Waals surface area contributed by atoms with Gasteiger partial charge in [-0.05, 0) is 18.2 Å². The predicted molar refractivity (Wildman–Crippen MR) is 71.5 cm³/mol. The summed E-state index contributed by atoms with van der Waals surface area (Å²) in [6, 6.07) is 5.61. The predicted octanol–water partition coefficient (Wildman–Crippen LogP) is 2.12. The van der Waals surface area contributed by atoms with E-state index in [2.05, 4.69) is 0 Å². The second-order valence-electron chi connectivity index (χ2n) is 4.19. The van der Waals surface area contributed by atoms with Gasteiger partial charge in [-0.1, -0.05) is 0 Å². The normalized spacial score (nSPS) is 10.7. The Hall–Kier alpha value is -2.01. The van der Waals surface area contributed by atoms with Gasteiger partial charge >= 0.3 is 5.97 Å². The number of benzene rings is 1. The number of aryl methyl sites for hydroxylation is 1. The quantitative estimate of drug-likeness (QED) is 0.793. The second-order valence-corrected chi connectivity index (χ2v) is 4.19. The summed E-state index contributed by atoms with van der Waals surface area (Å²) in [6.07, 6.45) is 0. The van der Waals surface area contributed by atoms with Crippen LogP contribution in [0.4, 0.5) is 0 Å². The minimum atomic E-state index is -0.370. The number of ether oxygens (including phenoxy) is 3. The third-order valence-corrected chi connectivity index (χ3v) is 3.20. The van der Waals surface area contributed by atoms with Crippen molar-refractivity contribution in [2.45, 2.75) is 6.61 Å². The maximum Gasteiger partial charge on any atom is 0.340 e. The summed E-state index contributed by atoms with van der Waals surface area (Å²) in [5.41, 5.74) is 2.26. The molecule has 1 aromatic heterocycles. The van der Waals surface area contributed by atoms with Gasteiger partial charge in [0.05, 0.1) is 32.1 Å². The smallest absolute Gasteiger partial charge is 0.340 e. The van der Waals surface area contributed by atoms with Crippen LogP contribution in [0.25, 0.3) is 10.9 Å². The molecule has 0 unspecified atom stereocenters. The number of methoxy groups -OCH3 is 3. The van der Waals surface area contributed by atoms with E-state index in [1.807, 2.05) is 29.8 Å². The summed E-state index contributed by atoms with van der Waals surface area (Å²) in [5.74, 6) is 0.332. The number of carbonyl (C=O) groups is 1. The highest BCUT2D eigenvalue weighted by Crippen LogP contribution is 2.29. The molecule has 0 atom stereocenters. The van der Waals surface area contributed by atoms with E-state index >= 15 is 0 Å². The Morgan fingerprint density at radius 1 is 1.26 bits per heavy atom. The first kappa shape index (κ1) is 13.4. The number of esters is 1. The monoisotopic (exact) mass is 263 g/mol. The van der Waals surface area contributed by atoms with E-state index in [9.17, 15) is 4.79 Å². The molecule has 0 aliphatic carbocycles. The van der Waals surface area contributed by atoms with Crippen molar-refractivity contribution in [1.29, 1.82) is 0 Å². The number of hydrogen-bond acceptors (Lipinski definition) is 4. The Balaban J connectivity index is 2.77. The van der Waals surface area contributed by atoms with Crippen LogP contribution in [0.3, 0.4) is 0 Å². The minimum absolute atomic E-state index is 0.345. The summed E-state index contributed by atoms with van der Waals surface area (Å²) in [7, 11) is 6.46. The molecule has 0 bridgehead atoms. The molecule has 5 heteroatoms. The van der Waals surface area contributed by atoms with Crippen LogP contribution in [0.5, 0.6) is 5.75 Å². The average Bonchev–Trinajstić information content (AvgIpc) is 2.71. The van der Waals surface area contributed by atoms with Crippen molar-refractivity contribution in [2.75, 3.05) is 21.3 Å². The number of fused-ring (bicyclic) bond motifs is 1. The van der Waals surface area contributed by atoms with Crippen molar-refractivity contribution < 1.29 is 19.0 Å². The molecule has 5 nitrogen and oxygen atoms in total. The molecule has 1 aromatic carbocycles. The van der Waals surface area contributed by atoms with E-state index in [1.54, 1.807) is 14.2 Å². The van der Waals surface area contributed by atoms with Crippen LogP contribution >= 0.6 is 0 Å². The first-order valence-electron chi connectivity index (χ1n) is 5.86. The molecule has 0 saturated heterocycles. The van der Waals surface area contributed by atoms with Crippen molar-refractivity contribution in [2.24, 2.45) is 7.05 Å². The number of aromatic nitrogens is 1. The minimum Gasteiger partial charge on any atom is -0.497 e. The molecule has 2 aromatic rings. The van der Waals surface area contributed by atoms with Gasteiger partial charge < -0.3 is 18.8 Å². The van der Waals surface area contributed by atoms with Crippen molar-refractivity contribution in [3.8, 4) is 5.75 Å². The van der Waals surface area contributed by atoms with Crippen molar-refractivity contribution in [1.82, 2.24) is 4.57 Å². The topological polar surface area (TPSA) is 49.7 Å². The van der Waals surface area contributed by atoms with Gasteiger partial charge in [0.1, 0.15) is 5.75 Å². The fraction of sp³-hybridized carbons (Fsp3) is 0.357. The molecule has 0 fully saturated rings. The van der Waals surface area contributed by atoms with Gasteiger partial charge in [0.2, 0.25) is 0 Å². The third-order valence-electron chi connectivity index (χ3n) is 3.20. The van der Waals surface area contributed by atoms with Gasteiger partial charge in [0.15, 0.2) is 0 Å². The number of nitrogens with zero attached hydrogens (tertiary/aromatic N) is 1. The van der Waals surface area contributed by atoms with E-state index in [0.717, 1.165) is 16.6 Å². The fourth-order valence-electron chi connectivity index (χ4n) is 2.24. The van der Waals surface area contributed by atoms with Gasteiger partial charge in [-0.3, -0.25) is 0 Å². The first-order chi connectivity index (χ1) is 9.13. The number of rotatable bonds is 4. The Labute approximate surface area is 111 Å². The highest BCUT2D eigenvalue weighted by molar-refractivity contribution is 6.06. The van der Waals surface area contributed by atoms with Crippen LogP contribution in [0.2, 0.25) is 0 Å². The zero-order chi connectivity index (χ0) is 14.0. The van der Waals surface area contributed by atoms with E-state index in [4.69, 9.17) is 14.2 Å². The molecule has 19 heavy (non-hydrogen) atoms. The number of hydrogen-bond donors (Lipinski definition) is 0. The van der Waals surface area contributed by atoms with Gasteiger partial charge in [-0.2, -0.15) is 0 Å². The molecular weight excluding hydrogens is 246 g/mol. The van der Waals surface area contributed by atoms with Gasteiger partial charge in [-0.15, -0.1) is 0 Å². The molecule has 0 aliphatic rings. The molecule has 1 heterocycles. The van der Waals surface area contributed by atoms with Crippen molar-refractivity contribution >= 4 is 16.9 Å². The summed E-state index contributed by atoms with van der Waals surface area (Å²) in [4.78, 5) is 12.0. The lowest BCUT2D eigenvalue weighted by atomic mass is 10.1. The van der Waals surface area contributed by atoms with Crippen LogP contribution in [-0.2, 0) is 23.1 Å². The largest absolute Gasteiger partial charge is 0.497 e. The third kappa shape index (κ3) is 2.17. The Morgan fingerprint density at radius 3 is 2.58 bits per heavy atom. The summed E-state index contributed by atoms with van der Waals surface area (Å²) >= 11 is 0. The summed E-state index contributed by atoms with van der Waals surface area (Å²) in [5, 5.41) is 0.806. The second kappa shape index (κ2) is 5.32. The van der Waals surface area contributed by atoms with Crippen molar-refractivity contribution in [3.05, 3.63) is 29.5 Å². The lowest BCUT2D eigenvalue weighted by molar-refractivity contribution is 0.0597. The molecule has 0 radical (unpaired) electrons. The lowest BCUT2D eigenvalue weighted by Gasteiger charge is -2.05. The van der Waals surface area contributed by atoms with E-state index in [0.29, 0.717) is 17.9 Å². The maximum atomic E-state index is 12.0. The van der Waals surface area contributed by atoms with Gasteiger partial charge in [-0.25, -0.2) is 4.79 Å². The van der Waals surface area contributed by atoms with E-state index < -0.39 is 0 Å². The first-order valence-corrected chi connectivity index (χ1v) is 5.86. The van der Waals surface area contributed by atoms with Crippen LogP contribution in [0, 0.1) is 0 Å². The van der Waals surface area contributed by atoms with Gasteiger partial charge in [0.25, 0.3) is 0 Å². The molecule has 0 spiro atoms. The van der Waals surface area contributed by atoms with Crippen LogP contribution in [0.15, 0.2) is 18.2 Å². The molecule has 0 N–H and O–H groups in total. The van der Waals surface area contributed by atoms with E-state index in [-0.39, 0.29) is 5.97 Å². The van der Waals surface area contributed by atoms with E-state index in [1.165, 1.54) is 7.11 Å². The summed E-state index contributed by atoms with van der Waals surface area (Å²) < 4.78 is 17.2. The highest BCUT2D eigenvalue weighted by Gasteiger charge is 2.22. The van der Waals surface area contributed by atoms with Crippen LogP contribution in [-0.4, -0.2) is 31.9 Å². The fourth-order valence-corrected chi connectivity index (χ4v) is 2.24. The van der Waals surface area contributed by atoms with Gasteiger partial charge in [0, 0.05) is 25.1 Å². The Morgan fingerprint density at radius 2 is 2.00 bits per heavy atom. The highest BCUT2D eigenvalue weighted by atomic mass is 16.5. The standard InChI is InChI=1S/C14H17NO4/c1-15-11-6-5-9(18-3)7-10(11)13(14(16)19-4)12(15)8-17-2/h5-7H,8H2,1-4H3. The SMILES string of the molecule is COCc1c(C(=O)OC)c2cc(OC)ccc2n1C. The maximum absolute atomic E-state index is 12.0.